The zero-order chi connectivity index (χ0) is 15.0. The lowest BCUT2D eigenvalue weighted by molar-refractivity contribution is -0.116. The fourth-order valence-corrected chi connectivity index (χ4v) is 0.788. The van der Waals surface area contributed by atoms with Crippen LogP contribution < -0.4 is 0 Å². The van der Waals surface area contributed by atoms with Crippen molar-refractivity contribution in [3.63, 3.8) is 0 Å². The molecule has 18 heavy (non-hydrogen) atoms. The van der Waals surface area contributed by atoms with Gasteiger partial charge in [0.1, 0.15) is 12.1 Å². The van der Waals surface area contributed by atoms with E-state index in [-0.39, 0.29) is 5.78 Å². The summed E-state index contributed by atoms with van der Waals surface area (Å²) in [6.07, 6.45) is 7.35. The number of carbonyl (C=O) groups is 2. The zero-order valence-electron chi connectivity index (χ0n) is 12.6. The SMILES string of the molecule is CC(C)=CCC/C(C)=C/C=O.CCC(C)=O.CO. The summed E-state index contributed by atoms with van der Waals surface area (Å²) in [5.74, 6) is 0.255. The number of aliphatic hydroxyl groups excluding tert-OH is 1. The van der Waals surface area contributed by atoms with E-state index in [9.17, 15) is 9.59 Å². The van der Waals surface area contributed by atoms with Crippen molar-refractivity contribution in [1.29, 1.82) is 0 Å². The summed E-state index contributed by atoms with van der Waals surface area (Å²) in [5.41, 5.74) is 2.49. The van der Waals surface area contributed by atoms with Crippen molar-refractivity contribution >= 4 is 12.1 Å². The number of rotatable bonds is 5. The first-order valence-electron chi connectivity index (χ1n) is 6.12. The minimum absolute atomic E-state index is 0.255. The van der Waals surface area contributed by atoms with Crippen LogP contribution in [0.3, 0.4) is 0 Å². The molecular formula is C15H28O3. The number of allylic oxidation sites excluding steroid dienone is 4. The molecule has 0 saturated heterocycles. The Labute approximate surface area is 112 Å². The molecule has 0 amide bonds. The molecule has 3 nitrogen and oxygen atoms in total. The highest BCUT2D eigenvalue weighted by molar-refractivity contribution is 5.74. The summed E-state index contributed by atoms with van der Waals surface area (Å²) < 4.78 is 0. The molecule has 0 radical (unpaired) electrons. The van der Waals surface area contributed by atoms with Gasteiger partial charge in [0.2, 0.25) is 0 Å². The molecule has 1 N–H and O–H groups in total. The molecule has 0 fully saturated rings. The molecule has 0 unspecified atom stereocenters. The Balaban J connectivity index is -0.000000270. The molecular weight excluding hydrogens is 228 g/mol. The van der Waals surface area contributed by atoms with E-state index in [0.29, 0.717) is 6.42 Å². The fourth-order valence-electron chi connectivity index (χ4n) is 0.788. The Morgan fingerprint density at radius 3 is 1.83 bits per heavy atom. The minimum atomic E-state index is 0.255. The van der Waals surface area contributed by atoms with E-state index in [0.717, 1.165) is 31.8 Å². The third kappa shape index (κ3) is 29.3. The van der Waals surface area contributed by atoms with Gasteiger partial charge in [-0.25, -0.2) is 0 Å². The van der Waals surface area contributed by atoms with Gasteiger partial charge in [-0.05, 0) is 46.6 Å². The van der Waals surface area contributed by atoms with Crippen LogP contribution in [0.15, 0.2) is 23.3 Å². The molecule has 0 aromatic carbocycles. The molecule has 0 aliphatic rings. The second kappa shape index (κ2) is 18.2. The second-order valence-corrected chi connectivity index (χ2v) is 4.02. The Hall–Kier alpha value is -1.22. The van der Waals surface area contributed by atoms with Gasteiger partial charge in [0, 0.05) is 13.5 Å². The largest absolute Gasteiger partial charge is 0.400 e. The Kier molecular flexibility index (Phi) is 22.2. The fraction of sp³-hybridized carbons (Fsp3) is 0.600. The molecule has 0 bridgehead atoms. The van der Waals surface area contributed by atoms with Gasteiger partial charge in [0.15, 0.2) is 0 Å². The summed E-state index contributed by atoms with van der Waals surface area (Å²) in [7, 11) is 1.00. The molecule has 0 aromatic heterocycles. The molecule has 0 rings (SSSR count). The lowest BCUT2D eigenvalue weighted by Gasteiger charge is -1.94. The Bertz CT molecular complexity index is 259. The van der Waals surface area contributed by atoms with Crippen LogP contribution in [0, 0.1) is 0 Å². The number of hydrogen-bond donors (Lipinski definition) is 1. The van der Waals surface area contributed by atoms with Crippen molar-refractivity contribution in [3.8, 4) is 0 Å². The van der Waals surface area contributed by atoms with Crippen molar-refractivity contribution in [1.82, 2.24) is 0 Å². The third-order valence-electron chi connectivity index (χ3n) is 1.94. The minimum Gasteiger partial charge on any atom is -0.400 e. The topological polar surface area (TPSA) is 54.4 Å². The first-order chi connectivity index (χ1) is 8.43. The number of hydrogen-bond acceptors (Lipinski definition) is 3. The molecule has 106 valence electrons. The van der Waals surface area contributed by atoms with Crippen LogP contribution >= 0.6 is 0 Å². The highest BCUT2D eigenvalue weighted by atomic mass is 16.2. The van der Waals surface area contributed by atoms with Crippen LogP contribution in [0.4, 0.5) is 0 Å². The van der Waals surface area contributed by atoms with Crippen LogP contribution in [0.25, 0.3) is 0 Å². The molecule has 0 spiro atoms. The van der Waals surface area contributed by atoms with Crippen LogP contribution in [0.1, 0.15) is 53.9 Å². The maximum Gasteiger partial charge on any atom is 0.142 e. The number of ketones is 1. The van der Waals surface area contributed by atoms with E-state index in [2.05, 4.69) is 19.9 Å². The van der Waals surface area contributed by atoms with E-state index >= 15 is 0 Å². The van der Waals surface area contributed by atoms with E-state index in [1.165, 1.54) is 5.57 Å². The summed E-state index contributed by atoms with van der Waals surface area (Å²) in [6.45, 7) is 9.58. The van der Waals surface area contributed by atoms with E-state index in [1.807, 2.05) is 13.8 Å². The zero-order valence-corrected chi connectivity index (χ0v) is 12.6. The average molecular weight is 256 g/mol. The van der Waals surface area contributed by atoms with Crippen LogP contribution in [-0.4, -0.2) is 24.3 Å². The lowest BCUT2D eigenvalue weighted by atomic mass is 10.1. The average Bonchev–Trinajstić information content (AvgIpc) is 2.32. The summed E-state index contributed by atoms with van der Waals surface area (Å²) in [5, 5.41) is 7.00. The van der Waals surface area contributed by atoms with Gasteiger partial charge in [-0.1, -0.05) is 24.1 Å². The lowest BCUT2D eigenvalue weighted by Crippen LogP contribution is -1.80. The number of aliphatic hydroxyl groups is 1. The quantitative estimate of drug-likeness (QED) is 0.465. The van der Waals surface area contributed by atoms with Crippen LogP contribution in [-0.2, 0) is 9.59 Å². The van der Waals surface area contributed by atoms with Crippen molar-refractivity contribution in [2.45, 2.75) is 53.9 Å². The van der Waals surface area contributed by atoms with Crippen molar-refractivity contribution < 1.29 is 14.7 Å². The van der Waals surface area contributed by atoms with Gasteiger partial charge < -0.3 is 9.90 Å². The van der Waals surface area contributed by atoms with Gasteiger partial charge in [0.25, 0.3) is 0 Å². The highest BCUT2D eigenvalue weighted by Gasteiger charge is 1.86. The van der Waals surface area contributed by atoms with Crippen LogP contribution in [0.2, 0.25) is 0 Å². The summed E-state index contributed by atoms with van der Waals surface area (Å²) in [6, 6.07) is 0. The van der Waals surface area contributed by atoms with Gasteiger partial charge in [-0.15, -0.1) is 0 Å². The van der Waals surface area contributed by atoms with Crippen molar-refractivity contribution in [2.75, 3.05) is 7.11 Å². The first-order valence-corrected chi connectivity index (χ1v) is 6.12. The Morgan fingerprint density at radius 2 is 1.56 bits per heavy atom. The van der Waals surface area contributed by atoms with E-state index < -0.39 is 0 Å². The predicted octanol–water partition coefficient (Wildman–Crippen LogP) is 3.47. The Morgan fingerprint density at radius 1 is 1.11 bits per heavy atom. The molecule has 0 aliphatic heterocycles. The number of aldehydes is 1. The highest BCUT2D eigenvalue weighted by Crippen LogP contribution is 2.05. The maximum atomic E-state index is 10.0. The summed E-state index contributed by atoms with van der Waals surface area (Å²) >= 11 is 0. The second-order valence-electron chi connectivity index (χ2n) is 4.02. The van der Waals surface area contributed by atoms with Gasteiger partial charge >= 0.3 is 0 Å². The smallest absolute Gasteiger partial charge is 0.142 e. The standard InChI is InChI=1S/C10H16O.C4H8O.CH4O/c1-9(2)5-4-6-10(3)7-8-11;1-3-4(2)5;1-2/h5,7-8H,4,6H2,1-3H3;3H2,1-2H3;2H,1H3/b10-7+;;. The number of Topliss-reactive ketones (excluding diaryl/α,β-unsaturated/α-hetero) is 1. The van der Waals surface area contributed by atoms with Crippen molar-refractivity contribution in [2.24, 2.45) is 0 Å². The molecule has 0 atom stereocenters. The van der Waals surface area contributed by atoms with E-state index in [4.69, 9.17) is 5.11 Å². The third-order valence-corrected chi connectivity index (χ3v) is 1.94. The van der Waals surface area contributed by atoms with Crippen molar-refractivity contribution in [3.05, 3.63) is 23.3 Å². The van der Waals surface area contributed by atoms with Gasteiger partial charge in [-0.3, -0.25) is 4.79 Å². The normalized spacial score (nSPS) is 9.17. The number of carbonyl (C=O) groups excluding carboxylic acids is 2. The predicted molar refractivity (Wildman–Crippen MR) is 77.6 cm³/mol. The molecule has 3 heteroatoms. The molecule has 0 saturated carbocycles. The molecule has 0 heterocycles. The first kappa shape index (κ1) is 22.0. The monoisotopic (exact) mass is 256 g/mol. The van der Waals surface area contributed by atoms with Crippen LogP contribution in [0.5, 0.6) is 0 Å². The molecule has 0 aromatic rings. The molecule has 0 aliphatic carbocycles. The van der Waals surface area contributed by atoms with Gasteiger partial charge in [0.05, 0.1) is 0 Å². The maximum absolute atomic E-state index is 10.0. The summed E-state index contributed by atoms with van der Waals surface area (Å²) in [4.78, 5) is 19.8. The van der Waals surface area contributed by atoms with Gasteiger partial charge in [-0.2, -0.15) is 0 Å². The van der Waals surface area contributed by atoms with E-state index in [1.54, 1.807) is 13.0 Å².